The number of nitrogens with one attached hydrogen (secondary N) is 2. The van der Waals surface area contributed by atoms with Gasteiger partial charge in [-0.15, -0.1) is 21.9 Å². The van der Waals surface area contributed by atoms with Crippen molar-refractivity contribution in [2.24, 2.45) is 0 Å². The van der Waals surface area contributed by atoms with Crippen molar-refractivity contribution in [1.29, 1.82) is 0 Å². The van der Waals surface area contributed by atoms with Crippen molar-refractivity contribution in [2.75, 3.05) is 36.6 Å². The molecule has 5 rings (SSSR count). The highest BCUT2D eigenvalue weighted by molar-refractivity contribution is 8.26. The van der Waals surface area contributed by atoms with Gasteiger partial charge in [-0.2, -0.15) is 0 Å². The smallest absolute Gasteiger partial charge is 0.319 e. The third-order valence-corrected chi connectivity index (χ3v) is 11.0. The fourth-order valence-corrected chi connectivity index (χ4v) is 7.93. The molecule has 2 amide bonds. The number of carbonyl (C=O) groups excluding carboxylic acids is 1. The van der Waals surface area contributed by atoms with Crippen molar-refractivity contribution in [3.63, 3.8) is 0 Å². The van der Waals surface area contributed by atoms with Crippen LogP contribution in [0.5, 0.6) is 0 Å². The van der Waals surface area contributed by atoms with Crippen LogP contribution in [-0.2, 0) is 9.48 Å². The minimum Gasteiger partial charge on any atom is -0.394 e. The van der Waals surface area contributed by atoms with E-state index in [-0.39, 0.29) is 18.7 Å². The maximum atomic E-state index is 12.1. The molecule has 1 aromatic carbocycles. The summed E-state index contributed by atoms with van der Waals surface area (Å²) in [6.45, 7) is 7.28. The number of rotatable bonds is 8. The van der Waals surface area contributed by atoms with Crippen molar-refractivity contribution in [3.05, 3.63) is 47.1 Å². The Morgan fingerprint density at radius 3 is 2.62 bits per heavy atom. The number of benzene rings is 1. The first-order valence-corrected chi connectivity index (χ1v) is 15.3. The Morgan fingerprint density at radius 1 is 1.26 bits per heavy atom. The first kappa shape index (κ1) is 27.7. The molecule has 1 saturated carbocycles. The molecule has 3 heterocycles. The zero-order chi connectivity index (χ0) is 27.8. The number of hydrogen-bond donors (Lipinski definition) is 5. The lowest BCUT2D eigenvalue weighted by molar-refractivity contribution is 0.0985. The number of nitrogens with zero attached hydrogens (tertiary/aromatic N) is 4. The maximum absolute atomic E-state index is 12.1. The van der Waals surface area contributed by atoms with Crippen LogP contribution in [0.15, 0.2) is 40.1 Å². The lowest BCUT2D eigenvalue weighted by Crippen LogP contribution is -2.44. The molecule has 2 atom stereocenters. The van der Waals surface area contributed by atoms with E-state index in [0.29, 0.717) is 60.0 Å². The van der Waals surface area contributed by atoms with Crippen LogP contribution in [0, 0.1) is 6.92 Å². The van der Waals surface area contributed by atoms with Gasteiger partial charge in [-0.05, 0) is 57.9 Å². The number of amides is 2. The van der Waals surface area contributed by atoms with Gasteiger partial charge in [-0.3, -0.25) is 9.11 Å². The molecule has 0 unspecified atom stereocenters. The summed E-state index contributed by atoms with van der Waals surface area (Å²) in [5.41, 5.74) is 2.65. The number of aryl methyl sites for hydroxylation is 1. The van der Waals surface area contributed by atoms with Crippen LogP contribution >= 0.6 is 21.9 Å². The molecule has 1 aliphatic carbocycles. The third kappa shape index (κ3) is 5.60. The van der Waals surface area contributed by atoms with Crippen molar-refractivity contribution in [3.8, 4) is 11.4 Å². The number of carbonyl (C=O) groups is 1. The van der Waals surface area contributed by atoms with Gasteiger partial charge in [-0.1, -0.05) is 0 Å². The van der Waals surface area contributed by atoms with Crippen molar-refractivity contribution in [2.45, 2.75) is 54.8 Å². The Hall–Kier alpha value is -2.81. The van der Waals surface area contributed by atoms with E-state index in [4.69, 9.17) is 19.8 Å². The van der Waals surface area contributed by atoms with Gasteiger partial charge in [-0.25, -0.2) is 19.7 Å². The monoisotopic (exact) mass is 574 g/mol. The van der Waals surface area contributed by atoms with E-state index >= 15 is 0 Å². The Morgan fingerprint density at radius 2 is 2.00 bits per heavy atom. The van der Waals surface area contributed by atoms with Gasteiger partial charge in [0.1, 0.15) is 10.6 Å². The molecule has 3 aromatic rings. The Labute approximate surface area is 233 Å². The van der Waals surface area contributed by atoms with Crippen molar-refractivity contribution in [1.82, 2.24) is 20.3 Å². The summed E-state index contributed by atoms with van der Waals surface area (Å²) in [7, 11) is -3.25. The SMILES string of the molecule is Cc1csc(S(O)(O)C2(c3cc(N4CCOC[C@@H]4C)nc(-c4ccc(NC(=O)N[C@H](C)CO)cc4)n3)CC2)n1. The lowest BCUT2D eigenvalue weighted by Gasteiger charge is -2.39. The van der Waals surface area contributed by atoms with E-state index in [1.54, 1.807) is 19.1 Å². The minimum atomic E-state index is -3.25. The minimum absolute atomic E-state index is 0.0953. The molecular formula is C26H34N6O5S2. The van der Waals surface area contributed by atoms with Gasteiger partial charge in [0.05, 0.1) is 43.3 Å². The zero-order valence-corrected chi connectivity index (χ0v) is 23.8. The number of anilines is 2. The topological polar surface area (TPSA) is 153 Å². The molecule has 1 aliphatic heterocycles. The Balaban J connectivity index is 1.50. The second-order valence-electron chi connectivity index (χ2n) is 10.1. The summed E-state index contributed by atoms with van der Waals surface area (Å²) >= 11 is 1.26. The standard InChI is InChI=1S/C26H34N6O5S2/c1-16(13-33)27-24(34)29-20-6-4-19(5-7-20)23-30-21(12-22(31-23)32-10-11-37-14-18(32)3)26(8-9-26)39(35,36)25-28-17(2)15-38-25/h4-7,12,15-16,18,33,35-36H,8-11,13-14H2,1-3H3,(H2,27,29,34)/t16-,18+/m1/s1. The van der Waals surface area contributed by atoms with E-state index in [9.17, 15) is 13.9 Å². The van der Waals surface area contributed by atoms with Gasteiger partial charge < -0.3 is 25.4 Å². The maximum Gasteiger partial charge on any atom is 0.319 e. The molecule has 0 radical (unpaired) electrons. The first-order chi connectivity index (χ1) is 18.6. The largest absolute Gasteiger partial charge is 0.394 e. The summed E-state index contributed by atoms with van der Waals surface area (Å²) in [4.78, 5) is 28.5. The quantitative estimate of drug-likeness (QED) is 0.263. The number of aromatic nitrogens is 3. The van der Waals surface area contributed by atoms with Crippen LogP contribution in [0.4, 0.5) is 16.3 Å². The van der Waals surface area contributed by atoms with Gasteiger partial charge in [0.15, 0.2) is 5.82 Å². The second kappa shape index (κ2) is 11.0. The van der Waals surface area contributed by atoms with Crippen LogP contribution in [0.1, 0.15) is 38.1 Å². The van der Waals surface area contributed by atoms with Crippen molar-refractivity contribution >= 4 is 39.5 Å². The predicted octanol–water partition coefficient (Wildman–Crippen LogP) is 4.43. The molecule has 1 saturated heterocycles. The highest BCUT2D eigenvalue weighted by atomic mass is 32.3. The second-order valence-corrected chi connectivity index (χ2v) is 13.5. The zero-order valence-electron chi connectivity index (χ0n) is 22.1. The first-order valence-electron chi connectivity index (χ1n) is 12.9. The predicted molar refractivity (Wildman–Crippen MR) is 153 cm³/mol. The van der Waals surface area contributed by atoms with Crippen molar-refractivity contribution < 1.29 is 23.7 Å². The Bertz CT molecular complexity index is 1330. The van der Waals surface area contributed by atoms with E-state index in [0.717, 1.165) is 11.3 Å². The molecule has 0 spiro atoms. The molecule has 2 fully saturated rings. The Kier molecular flexibility index (Phi) is 7.82. The van der Waals surface area contributed by atoms with Gasteiger partial charge in [0, 0.05) is 29.2 Å². The van der Waals surface area contributed by atoms with E-state index in [2.05, 4.69) is 27.4 Å². The summed E-state index contributed by atoms with van der Waals surface area (Å²) in [5.74, 6) is 1.17. The van der Waals surface area contributed by atoms with Crippen LogP contribution in [0.2, 0.25) is 0 Å². The third-order valence-electron chi connectivity index (χ3n) is 6.98. The fraction of sp³-hybridized carbons (Fsp3) is 0.462. The number of urea groups is 1. The average Bonchev–Trinajstić information content (AvgIpc) is 3.64. The van der Waals surface area contributed by atoms with Gasteiger partial charge in [0.25, 0.3) is 0 Å². The van der Waals surface area contributed by atoms with Crippen LogP contribution in [0.3, 0.4) is 0 Å². The molecule has 210 valence electrons. The number of morpholine rings is 1. The van der Waals surface area contributed by atoms with Crippen LogP contribution < -0.4 is 15.5 Å². The van der Waals surface area contributed by atoms with E-state index in [1.807, 2.05) is 30.5 Å². The number of thiazole rings is 1. The van der Waals surface area contributed by atoms with Crippen LogP contribution in [-0.4, -0.2) is 73.6 Å². The molecule has 39 heavy (non-hydrogen) atoms. The molecule has 5 N–H and O–H groups in total. The molecule has 13 heteroatoms. The molecule has 11 nitrogen and oxygen atoms in total. The van der Waals surface area contributed by atoms with Gasteiger partial charge in [0.2, 0.25) is 4.34 Å². The fourth-order valence-electron chi connectivity index (χ4n) is 4.58. The normalized spacial score (nSPS) is 19.8. The summed E-state index contributed by atoms with van der Waals surface area (Å²) in [6.07, 6.45) is 1.18. The van der Waals surface area contributed by atoms with E-state index in [1.165, 1.54) is 11.3 Å². The van der Waals surface area contributed by atoms with Gasteiger partial charge >= 0.3 is 6.03 Å². The number of aliphatic hydroxyl groups is 1. The average molecular weight is 575 g/mol. The summed E-state index contributed by atoms with van der Waals surface area (Å²) in [5, 5.41) is 16.4. The summed E-state index contributed by atoms with van der Waals surface area (Å²) < 4.78 is 28.0. The number of hydrogen-bond acceptors (Lipinski definition) is 10. The molecule has 2 aliphatic rings. The highest BCUT2D eigenvalue weighted by Crippen LogP contribution is 2.75. The van der Waals surface area contributed by atoms with E-state index < -0.39 is 21.4 Å². The molecular weight excluding hydrogens is 540 g/mol. The molecule has 0 bridgehead atoms. The number of ether oxygens (including phenoxy) is 1. The van der Waals surface area contributed by atoms with Crippen LogP contribution in [0.25, 0.3) is 11.4 Å². The number of aliphatic hydroxyl groups excluding tert-OH is 1. The highest BCUT2D eigenvalue weighted by Gasteiger charge is 2.58. The molecule has 2 aromatic heterocycles. The summed E-state index contributed by atoms with van der Waals surface area (Å²) in [6, 6.07) is 8.35. The lowest BCUT2D eigenvalue weighted by atomic mass is 10.1.